The zero-order valence-electron chi connectivity index (χ0n) is 13.0. The van der Waals surface area contributed by atoms with E-state index in [1.165, 1.54) is 4.57 Å². The Labute approximate surface area is 153 Å². The molecule has 1 fully saturated rings. The third-order valence-corrected chi connectivity index (χ3v) is 4.80. The molecule has 0 unspecified atom stereocenters. The molecule has 2 aromatic heterocycles. The Morgan fingerprint density at radius 1 is 1.16 bits per heavy atom. The number of rotatable bonds is 3. The minimum Gasteiger partial charge on any atom is -0.310 e. The third-order valence-electron chi connectivity index (χ3n) is 4.17. The van der Waals surface area contributed by atoms with Crippen molar-refractivity contribution in [2.75, 3.05) is 5.32 Å². The van der Waals surface area contributed by atoms with Crippen LogP contribution in [0.4, 0.5) is 5.82 Å². The van der Waals surface area contributed by atoms with Crippen LogP contribution in [0.5, 0.6) is 0 Å². The molecule has 4 rings (SSSR count). The van der Waals surface area contributed by atoms with E-state index in [1.54, 1.807) is 42.7 Å². The van der Waals surface area contributed by atoms with Crippen molar-refractivity contribution in [2.24, 2.45) is 5.92 Å². The average Bonchev–Trinajstić information content (AvgIpc) is 3.35. The van der Waals surface area contributed by atoms with Crippen LogP contribution in [-0.4, -0.2) is 21.4 Å². The van der Waals surface area contributed by atoms with Gasteiger partial charge >= 0.3 is 0 Å². The molecule has 0 aliphatic heterocycles. The number of anilines is 1. The van der Waals surface area contributed by atoms with Gasteiger partial charge in [0.1, 0.15) is 5.82 Å². The topological polar surface area (TPSA) is 64.0 Å². The second kappa shape index (κ2) is 6.17. The molecule has 0 saturated heterocycles. The number of carbonyl (C=O) groups excluding carboxylic acids is 2. The Morgan fingerprint density at radius 3 is 2.56 bits per heavy atom. The summed E-state index contributed by atoms with van der Waals surface area (Å²) in [5.41, 5.74) is 0.866. The standard InChI is InChI=1S/C18H13Cl2N3O2/c19-12-2-1-3-13(20)16(12)18(25)23-7-6-11-9-21-15(8-14(11)23)22-17(24)10-4-5-10/h1-3,6-10H,4-5H2,(H,21,22,24). The van der Waals surface area contributed by atoms with Crippen molar-refractivity contribution in [1.82, 2.24) is 9.55 Å². The number of hydrogen-bond acceptors (Lipinski definition) is 3. The third kappa shape index (κ3) is 3.01. The van der Waals surface area contributed by atoms with Crippen molar-refractivity contribution in [3.8, 4) is 0 Å². The molecule has 3 aromatic rings. The molecule has 0 spiro atoms. The molecular formula is C18H13Cl2N3O2. The van der Waals surface area contributed by atoms with E-state index in [4.69, 9.17) is 23.2 Å². The highest BCUT2D eigenvalue weighted by Crippen LogP contribution is 2.31. The first kappa shape index (κ1) is 16.1. The van der Waals surface area contributed by atoms with Crippen molar-refractivity contribution in [3.05, 3.63) is 58.3 Å². The molecule has 2 heterocycles. The van der Waals surface area contributed by atoms with Crippen LogP contribution in [0.2, 0.25) is 10.0 Å². The Morgan fingerprint density at radius 2 is 1.88 bits per heavy atom. The number of pyridine rings is 1. The number of nitrogens with zero attached hydrogens (tertiary/aromatic N) is 2. The number of amides is 1. The number of aromatic nitrogens is 2. The summed E-state index contributed by atoms with van der Waals surface area (Å²) < 4.78 is 1.46. The van der Waals surface area contributed by atoms with Gasteiger partial charge in [0.05, 0.1) is 21.1 Å². The minimum absolute atomic E-state index is 0.0366. The molecule has 7 heteroatoms. The van der Waals surface area contributed by atoms with E-state index < -0.39 is 0 Å². The predicted molar refractivity (Wildman–Crippen MR) is 97.3 cm³/mol. The van der Waals surface area contributed by atoms with Crippen LogP contribution < -0.4 is 5.32 Å². The van der Waals surface area contributed by atoms with Gasteiger partial charge in [-0.3, -0.25) is 14.2 Å². The number of fused-ring (bicyclic) bond motifs is 1. The van der Waals surface area contributed by atoms with Crippen molar-refractivity contribution in [2.45, 2.75) is 12.8 Å². The molecule has 1 aliphatic carbocycles. The van der Waals surface area contributed by atoms with E-state index in [1.807, 2.05) is 0 Å². The van der Waals surface area contributed by atoms with Crippen LogP contribution in [0.15, 0.2) is 42.7 Å². The fraction of sp³-hybridized carbons (Fsp3) is 0.167. The molecule has 1 N–H and O–H groups in total. The van der Waals surface area contributed by atoms with Gasteiger partial charge in [-0.2, -0.15) is 0 Å². The molecule has 5 nitrogen and oxygen atoms in total. The summed E-state index contributed by atoms with van der Waals surface area (Å²) in [6, 6.07) is 8.38. The first-order valence-electron chi connectivity index (χ1n) is 7.81. The summed E-state index contributed by atoms with van der Waals surface area (Å²) >= 11 is 12.3. The molecule has 1 saturated carbocycles. The van der Waals surface area contributed by atoms with Gasteiger partial charge in [-0.15, -0.1) is 0 Å². The highest BCUT2D eigenvalue weighted by Gasteiger charge is 2.30. The van der Waals surface area contributed by atoms with Gasteiger partial charge in [-0.1, -0.05) is 29.3 Å². The lowest BCUT2D eigenvalue weighted by Gasteiger charge is -2.09. The van der Waals surface area contributed by atoms with Gasteiger partial charge in [-0.05, 0) is 31.0 Å². The fourth-order valence-electron chi connectivity index (χ4n) is 2.67. The molecular weight excluding hydrogens is 361 g/mol. The smallest absolute Gasteiger partial charge is 0.265 e. The van der Waals surface area contributed by atoms with Crippen LogP contribution >= 0.6 is 23.2 Å². The Balaban J connectivity index is 1.74. The molecule has 126 valence electrons. The van der Waals surface area contributed by atoms with Gasteiger partial charge in [0.2, 0.25) is 5.91 Å². The summed E-state index contributed by atoms with van der Waals surface area (Å²) in [6.45, 7) is 0. The summed E-state index contributed by atoms with van der Waals surface area (Å²) in [7, 11) is 0. The van der Waals surface area contributed by atoms with E-state index in [0.717, 1.165) is 18.2 Å². The molecule has 0 bridgehead atoms. The number of halogens is 2. The number of nitrogens with one attached hydrogen (secondary N) is 1. The number of carbonyl (C=O) groups is 2. The normalized spacial score (nSPS) is 13.8. The lowest BCUT2D eigenvalue weighted by Crippen LogP contribution is -2.15. The minimum atomic E-state index is -0.337. The quantitative estimate of drug-likeness (QED) is 0.740. The maximum atomic E-state index is 12.9. The number of hydrogen-bond donors (Lipinski definition) is 1. The van der Waals surface area contributed by atoms with Crippen molar-refractivity contribution in [1.29, 1.82) is 0 Å². The van der Waals surface area contributed by atoms with Crippen molar-refractivity contribution < 1.29 is 9.59 Å². The summed E-state index contributed by atoms with van der Waals surface area (Å²) in [6.07, 6.45) is 5.08. The highest BCUT2D eigenvalue weighted by atomic mass is 35.5. The van der Waals surface area contributed by atoms with Crippen molar-refractivity contribution in [3.63, 3.8) is 0 Å². The average molecular weight is 374 g/mol. The molecule has 0 atom stereocenters. The zero-order valence-corrected chi connectivity index (χ0v) is 14.5. The van der Waals surface area contributed by atoms with Crippen LogP contribution in [-0.2, 0) is 4.79 Å². The van der Waals surface area contributed by atoms with E-state index >= 15 is 0 Å². The van der Waals surface area contributed by atoms with Crippen LogP contribution in [0.1, 0.15) is 23.2 Å². The van der Waals surface area contributed by atoms with E-state index in [9.17, 15) is 9.59 Å². The second-order valence-electron chi connectivity index (χ2n) is 5.98. The van der Waals surface area contributed by atoms with Gasteiger partial charge < -0.3 is 5.32 Å². The molecule has 25 heavy (non-hydrogen) atoms. The first-order valence-corrected chi connectivity index (χ1v) is 8.57. The highest BCUT2D eigenvalue weighted by molar-refractivity contribution is 6.40. The van der Waals surface area contributed by atoms with Gasteiger partial charge in [0, 0.05) is 29.8 Å². The lowest BCUT2D eigenvalue weighted by molar-refractivity contribution is -0.117. The lowest BCUT2D eigenvalue weighted by atomic mass is 10.2. The largest absolute Gasteiger partial charge is 0.310 e. The van der Waals surface area contributed by atoms with E-state index in [2.05, 4.69) is 10.3 Å². The molecule has 1 aliphatic rings. The van der Waals surface area contributed by atoms with Gasteiger partial charge in [0.15, 0.2) is 0 Å². The van der Waals surface area contributed by atoms with Crippen LogP contribution in [0.25, 0.3) is 10.9 Å². The van der Waals surface area contributed by atoms with E-state index in [0.29, 0.717) is 11.3 Å². The second-order valence-corrected chi connectivity index (χ2v) is 6.79. The van der Waals surface area contributed by atoms with E-state index in [-0.39, 0.29) is 33.3 Å². The number of benzene rings is 1. The summed E-state index contributed by atoms with van der Waals surface area (Å²) in [5.74, 6) is 0.122. The molecule has 1 aromatic carbocycles. The van der Waals surface area contributed by atoms with Crippen LogP contribution in [0.3, 0.4) is 0 Å². The molecule has 1 amide bonds. The SMILES string of the molecule is O=C(Nc1cc2c(ccn2C(=O)c2c(Cl)cccc2Cl)cn1)C1CC1. The Hall–Kier alpha value is -2.37. The zero-order chi connectivity index (χ0) is 17.6. The fourth-order valence-corrected chi connectivity index (χ4v) is 3.23. The first-order chi connectivity index (χ1) is 12.0. The summed E-state index contributed by atoms with van der Waals surface area (Å²) in [4.78, 5) is 29.0. The summed E-state index contributed by atoms with van der Waals surface area (Å²) in [5, 5.41) is 4.14. The molecule has 0 radical (unpaired) electrons. The van der Waals surface area contributed by atoms with Gasteiger partial charge in [-0.25, -0.2) is 4.98 Å². The predicted octanol–water partition coefficient (Wildman–Crippen LogP) is 4.38. The maximum absolute atomic E-state index is 12.9. The Bertz CT molecular complexity index is 988. The maximum Gasteiger partial charge on any atom is 0.265 e. The van der Waals surface area contributed by atoms with Crippen molar-refractivity contribution >= 4 is 51.7 Å². The monoisotopic (exact) mass is 373 g/mol. The van der Waals surface area contributed by atoms with Crippen LogP contribution in [0, 0.1) is 5.92 Å². The van der Waals surface area contributed by atoms with Gasteiger partial charge in [0.25, 0.3) is 5.91 Å². The Kier molecular flexibility index (Phi) is 3.98.